The second-order valence-corrected chi connectivity index (χ2v) is 4.32. The number of carbonyl (C=O) groups excluding carboxylic acids is 1. The number of anilines is 1. The van der Waals surface area contributed by atoms with Crippen molar-refractivity contribution in [2.75, 3.05) is 11.9 Å². The zero-order valence-corrected chi connectivity index (χ0v) is 9.84. The molecule has 1 aliphatic rings. The lowest BCUT2D eigenvalue weighted by Crippen LogP contribution is -2.19. The SMILES string of the molecule is CCCNC(C)c1ccc2c(c1)CC(=O)N2. The molecule has 86 valence electrons. The molecule has 16 heavy (non-hydrogen) atoms. The largest absolute Gasteiger partial charge is 0.326 e. The first-order chi connectivity index (χ1) is 7.70. The third-order valence-electron chi connectivity index (χ3n) is 2.95. The van der Waals surface area contributed by atoms with Gasteiger partial charge in [0.05, 0.1) is 6.42 Å². The van der Waals surface area contributed by atoms with Crippen molar-refractivity contribution in [1.29, 1.82) is 0 Å². The van der Waals surface area contributed by atoms with E-state index in [0.29, 0.717) is 12.5 Å². The van der Waals surface area contributed by atoms with Crippen molar-refractivity contribution in [2.45, 2.75) is 32.7 Å². The molecule has 1 atom stereocenters. The summed E-state index contributed by atoms with van der Waals surface area (Å²) in [6.45, 7) is 5.34. The number of carbonyl (C=O) groups is 1. The van der Waals surface area contributed by atoms with E-state index >= 15 is 0 Å². The van der Waals surface area contributed by atoms with Crippen molar-refractivity contribution in [3.63, 3.8) is 0 Å². The van der Waals surface area contributed by atoms with Crippen LogP contribution < -0.4 is 10.6 Å². The van der Waals surface area contributed by atoms with Gasteiger partial charge in [0.25, 0.3) is 0 Å². The van der Waals surface area contributed by atoms with Crippen LogP contribution in [-0.2, 0) is 11.2 Å². The molecule has 0 bridgehead atoms. The zero-order chi connectivity index (χ0) is 11.5. The summed E-state index contributed by atoms with van der Waals surface area (Å²) in [6.07, 6.45) is 1.65. The third-order valence-corrected chi connectivity index (χ3v) is 2.95. The van der Waals surface area contributed by atoms with E-state index in [1.165, 1.54) is 5.56 Å². The van der Waals surface area contributed by atoms with E-state index < -0.39 is 0 Å². The molecule has 0 saturated carbocycles. The first-order valence-electron chi connectivity index (χ1n) is 5.86. The van der Waals surface area contributed by atoms with Gasteiger partial charge in [0.2, 0.25) is 5.91 Å². The van der Waals surface area contributed by atoms with Crippen molar-refractivity contribution >= 4 is 11.6 Å². The van der Waals surface area contributed by atoms with Crippen LogP contribution in [-0.4, -0.2) is 12.5 Å². The molecule has 1 heterocycles. The Balaban J connectivity index is 2.12. The molecule has 0 spiro atoms. The van der Waals surface area contributed by atoms with Gasteiger partial charge in [-0.15, -0.1) is 0 Å². The number of fused-ring (bicyclic) bond motifs is 1. The average molecular weight is 218 g/mol. The van der Waals surface area contributed by atoms with E-state index in [9.17, 15) is 4.79 Å². The molecule has 2 rings (SSSR count). The summed E-state index contributed by atoms with van der Waals surface area (Å²) in [5.41, 5.74) is 3.34. The zero-order valence-electron chi connectivity index (χ0n) is 9.84. The van der Waals surface area contributed by atoms with Crippen LogP contribution in [0.15, 0.2) is 18.2 Å². The number of hydrogen-bond acceptors (Lipinski definition) is 2. The van der Waals surface area contributed by atoms with E-state index in [1.807, 2.05) is 6.07 Å². The van der Waals surface area contributed by atoms with Gasteiger partial charge >= 0.3 is 0 Å². The summed E-state index contributed by atoms with van der Waals surface area (Å²) >= 11 is 0. The Labute approximate surface area is 96.2 Å². The standard InChI is InChI=1S/C13H18N2O/c1-3-6-14-9(2)10-4-5-12-11(7-10)8-13(16)15-12/h4-5,7,9,14H,3,6,8H2,1-2H3,(H,15,16). The molecule has 1 unspecified atom stereocenters. The molecular weight excluding hydrogens is 200 g/mol. The number of benzene rings is 1. The first-order valence-corrected chi connectivity index (χ1v) is 5.86. The quantitative estimate of drug-likeness (QED) is 0.813. The molecule has 1 aromatic rings. The minimum atomic E-state index is 0.0984. The van der Waals surface area contributed by atoms with Crippen LogP contribution in [0, 0.1) is 0 Å². The van der Waals surface area contributed by atoms with Crippen LogP contribution in [0.4, 0.5) is 5.69 Å². The van der Waals surface area contributed by atoms with Crippen LogP contribution >= 0.6 is 0 Å². The van der Waals surface area contributed by atoms with E-state index in [1.54, 1.807) is 0 Å². The predicted molar refractivity (Wildman–Crippen MR) is 65.5 cm³/mol. The second-order valence-electron chi connectivity index (χ2n) is 4.32. The van der Waals surface area contributed by atoms with Gasteiger partial charge in [0.1, 0.15) is 0 Å². The summed E-state index contributed by atoms with van der Waals surface area (Å²) in [5, 5.41) is 6.29. The first kappa shape index (κ1) is 11.1. The Kier molecular flexibility index (Phi) is 3.25. The summed E-state index contributed by atoms with van der Waals surface area (Å²) in [4.78, 5) is 11.2. The van der Waals surface area contributed by atoms with Crippen LogP contribution in [0.5, 0.6) is 0 Å². The Morgan fingerprint density at radius 3 is 3.06 bits per heavy atom. The minimum Gasteiger partial charge on any atom is -0.326 e. The van der Waals surface area contributed by atoms with Crippen molar-refractivity contribution in [3.05, 3.63) is 29.3 Å². The molecule has 3 nitrogen and oxygen atoms in total. The minimum absolute atomic E-state index is 0.0984. The monoisotopic (exact) mass is 218 g/mol. The highest BCUT2D eigenvalue weighted by molar-refractivity contribution is 5.99. The molecule has 0 aromatic heterocycles. The molecule has 1 amide bonds. The molecular formula is C13H18N2O. The fourth-order valence-corrected chi connectivity index (χ4v) is 2.00. The number of nitrogens with one attached hydrogen (secondary N) is 2. The van der Waals surface area contributed by atoms with Crippen molar-refractivity contribution in [1.82, 2.24) is 5.32 Å². The van der Waals surface area contributed by atoms with Gasteiger partial charge in [-0.1, -0.05) is 19.1 Å². The molecule has 0 aliphatic carbocycles. The van der Waals surface area contributed by atoms with Gasteiger partial charge in [0, 0.05) is 11.7 Å². The fourth-order valence-electron chi connectivity index (χ4n) is 2.00. The summed E-state index contributed by atoms with van der Waals surface area (Å²) in [5.74, 6) is 0.0984. The average Bonchev–Trinajstić information content (AvgIpc) is 2.64. The lowest BCUT2D eigenvalue weighted by Gasteiger charge is -2.14. The Morgan fingerprint density at radius 2 is 2.31 bits per heavy atom. The Bertz CT molecular complexity index is 401. The third kappa shape index (κ3) is 2.25. The Morgan fingerprint density at radius 1 is 1.50 bits per heavy atom. The van der Waals surface area contributed by atoms with Crippen molar-refractivity contribution < 1.29 is 4.79 Å². The van der Waals surface area contributed by atoms with E-state index in [2.05, 4.69) is 36.6 Å². The maximum absolute atomic E-state index is 11.2. The van der Waals surface area contributed by atoms with Crippen molar-refractivity contribution in [2.24, 2.45) is 0 Å². The van der Waals surface area contributed by atoms with Gasteiger partial charge in [-0.05, 0) is 37.1 Å². The molecule has 2 N–H and O–H groups in total. The normalized spacial score (nSPS) is 15.8. The van der Waals surface area contributed by atoms with E-state index in [-0.39, 0.29) is 5.91 Å². The topological polar surface area (TPSA) is 41.1 Å². The molecule has 0 fully saturated rings. The number of rotatable bonds is 4. The molecule has 1 aliphatic heterocycles. The highest BCUT2D eigenvalue weighted by Gasteiger charge is 2.18. The van der Waals surface area contributed by atoms with Gasteiger partial charge in [-0.25, -0.2) is 0 Å². The Hall–Kier alpha value is -1.35. The molecule has 0 saturated heterocycles. The van der Waals surface area contributed by atoms with Gasteiger partial charge < -0.3 is 10.6 Å². The van der Waals surface area contributed by atoms with Gasteiger partial charge in [0.15, 0.2) is 0 Å². The smallest absolute Gasteiger partial charge is 0.228 e. The lowest BCUT2D eigenvalue weighted by molar-refractivity contribution is -0.115. The van der Waals surface area contributed by atoms with Gasteiger partial charge in [-0.2, -0.15) is 0 Å². The van der Waals surface area contributed by atoms with E-state index in [0.717, 1.165) is 24.2 Å². The van der Waals surface area contributed by atoms with Crippen LogP contribution in [0.25, 0.3) is 0 Å². The maximum atomic E-state index is 11.2. The van der Waals surface area contributed by atoms with Crippen LogP contribution in [0.1, 0.15) is 37.4 Å². The summed E-state index contributed by atoms with van der Waals surface area (Å²) in [6, 6.07) is 6.55. The fraction of sp³-hybridized carbons (Fsp3) is 0.462. The lowest BCUT2D eigenvalue weighted by atomic mass is 10.0. The number of hydrogen-bond donors (Lipinski definition) is 2. The van der Waals surface area contributed by atoms with E-state index in [4.69, 9.17) is 0 Å². The molecule has 0 radical (unpaired) electrons. The summed E-state index contributed by atoms with van der Waals surface area (Å²) in [7, 11) is 0. The number of amides is 1. The predicted octanol–water partition coefficient (Wildman–Crippen LogP) is 2.24. The molecule has 1 aromatic carbocycles. The molecule has 3 heteroatoms. The summed E-state index contributed by atoms with van der Waals surface area (Å²) < 4.78 is 0. The van der Waals surface area contributed by atoms with Crippen molar-refractivity contribution in [3.8, 4) is 0 Å². The van der Waals surface area contributed by atoms with Gasteiger partial charge in [-0.3, -0.25) is 4.79 Å². The van der Waals surface area contributed by atoms with Crippen LogP contribution in [0.2, 0.25) is 0 Å². The highest BCUT2D eigenvalue weighted by atomic mass is 16.1. The highest BCUT2D eigenvalue weighted by Crippen LogP contribution is 2.26. The van der Waals surface area contributed by atoms with Crippen LogP contribution in [0.3, 0.4) is 0 Å². The maximum Gasteiger partial charge on any atom is 0.228 e. The second kappa shape index (κ2) is 4.66.